The maximum atomic E-state index is 11.7. The topological polar surface area (TPSA) is 67.4 Å². The molecule has 0 atom stereocenters. The fraction of sp³-hybridized carbons (Fsp3) is 0.176. The van der Waals surface area contributed by atoms with E-state index in [1.54, 1.807) is 30.3 Å². The summed E-state index contributed by atoms with van der Waals surface area (Å²) in [6, 6.07) is 14.2. The van der Waals surface area contributed by atoms with E-state index < -0.39 is 6.09 Å². The highest BCUT2D eigenvalue weighted by Crippen LogP contribution is 2.14. The first-order valence-electron chi connectivity index (χ1n) is 7.09. The Bertz CT molecular complexity index is 686. The van der Waals surface area contributed by atoms with Crippen LogP contribution in [0.5, 0.6) is 0 Å². The number of benzene rings is 2. The molecule has 0 saturated carbocycles. The van der Waals surface area contributed by atoms with Gasteiger partial charge in [-0.2, -0.15) is 0 Å². The van der Waals surface area contributed by atoms with Gasteiger partial charge in [-0.3, -0.25) is 10.1 Å². The molecule has 2 aromatic carbocycles. The molecule has 0 fully saturated rings. The second-order valence-corrected chi connectivity index (χ2v) is 5.34. The fourth-order valence-corrected chi connectivity index (χ4v) is 2.16. The molecule has 23 heavy (non-hydrogen) atoms. The van der Waals surface area contributed by atoms with Crippen molar-refractivity contribution in [3.8, 4) is 0 Å². The summed E-state index contributed by atoms with van der Waals surface area (Å²) >= 11 is 5.89. The Balaban J connectivity index is 1.77. The molecule has 0 unspecified atom stereocenters. The molecule has 2 rings (SSSR count). The van der Waals surface area contributed by atoms with E-state index in [4.69, 9.17) is 16.3 Å². The van der Waals surface area contributed by atoms with E-state index in [9.17, 15) is 9.59 Å². The zero-order valence-electron chi connectivity index (χ0n) is 12.6. The summed E-state index contributed by atoms with van der Waals surface area (Å²) in [4.78, 5) is 22.6. The van der Waals surface area contributed by atoms with Crippen LogP contribution in [0.15, 0.2) is 48.5 Å². The molecule has 2 N–H and O–H groups in total. The maximum absolute atomic E-state index is 11.7. The second-order valence-electron chi connectivity index (χ2n) is 4.90. The summed E-state index contributed by atoms with van der Waals surface area (Å²) < 4.78 is 5.12. The first kappa shape index (κ1) is 16.8. The standard InChI is InChI=1S/C17H17ClN2O3/c1-12(21)19-15-5-7-16(8-6-15)20-17(22)23-10-9-13-3-2-4-14(18)11-13/h2-8,11H,9-10H2,1H3,(H,19,21)(H,20,22). The van der Waals surface area contributed by atoms with E-state index in [1.165, 1.54) is 6.92 Å². The molecule has 0 spiro atoms. The van der Waals surface area contributed by atoms with E-state index >= 15 is 0 Å². The molecule has 2 aromatic rings. The highest BCUT2D eigenvalue weighted by atomic mass is 35.5. The van der Waals surface area contributed by atoms with Gasteiger partial charge in [-0.25, -0.2) is 4.79 Å². The first-order chi connectivity index (χ1) is 11.0. The number of carbonyl (C=O) groups excluding carboxylic acids is 2. The van der Waals surface area contributed by atoms with Crippen LogP contribution in [0, 0.1) is 0 Å². The predicted octanol–water partition coefficient (Wildman–Crippen LogP) is 4.09. The van der Waals surface area contributed by atoms with E-state index in [1.807, 2.05) is 18.2 Å². The van der Waals surface area contributed by atoms with Crippen molar-refractivity contribution in [2.75, 3.05) is 17.2 Å². The summed E-state index contributed by atoms with van der Waals surface area (Å²) in [5.74, 6) is -0.147. The molecule has 0 aliphatic carbocycles. The van der Waals surface area contributed by atoms with Gasteiger partial charge in [0.1, 0.15) is 0 Å². The number of ether oxygens (including phenoxy) is 1. The number of hydrogen-bond donors (Lipinski definition) is 2. The fourth-order valence-electron chi connectivity index (χ4n) is 1.95. The Labute approximate surface area is 139 Å². The molecule has 120 valence electrons. The Morgan fingerprint density at radius 2 is 1.70 bits per heavy atom. The molecule has 0 bridgehead atoms. The van der Waals surface area contributed by atoms with Crippen molar-refractivity contribution in [2.24, 2.45) is 0 Å². The zero-order valence-corrected chi connectivity index (χ0v) is 13.4. The van der Waals surface area contributed by atoms with Gasteiger partial charge >= 0.3 is 6.09 Å². The summed E-state index contributed by atoms with van der Waals surface area (Å²) in [6.07, 6.45) is 0.0643. The van der Waals surface area contributed by atoms with Crippen LogP contribution < -0.4 is 10.6 Å². The Hall–Kier alpha value is -2.53. The normalized spacial score (nSPS) is 10.0. The smallest absolute Gasteiger partial charge is 0.411 e. The van der Waals surface area contributed by atoms with Gasteiger partial charge in [-0.1, -0.05) is 23.7 Å². The van der Waals surface area contributed by atoms with Gasteiger partial charge in [-0.15, -0.1) is 0 Å². The van der Waals surface area contributed by atoms with Gasteiger partial charge in [0.2, 0.25) is 5.91 Å². The lowest BCUT2D eigenvalue weighted by Gasteiger charge is -2.08. The van der Waals surface area contributed by atoms with Crippen LogP contribution >= 0.6 is 11.6 Å². The molecule has 0 radical (unpaired) electrons. The first-order valence-corrected chi connectivity index (χ1v) is 7.46. The molecule has 6 heteroatoms. The number of carbonyl (C=O) groups is 2. The van der Waals surface area contributed by atoms with E-state index in [0.717, 1.165) is 5.56 Å². The van der Waals surface area contributed by atoms with Crippen LogP contribution in [-0.4, -0.2) is 18.6 Å². The van der Waals surface area contributed by atoms with Gasteiger partial charge in [-0.05, 0) is 42.0 Å². The highest BCUT2D eigenvalue weighted by molar-refractivity contribution is 6.30. The molecule has 0 heterocycles. The zero-order chi connectivity index (χ0) is 16.7. The number of halogens is 1. The maximum Gasteiger partial charge on any atom is 0.411 e. The Morgan fingerprint density at radius 3 is 2.30 bits per heavy atom. The van der Waals surface area contributed by atoms with E-state index in [-0.39, 0.29) is 12.5 Å². The van der Waals surface area contributed by atoms with Crippen LogP contribution in [0.3, 0.4) is 0 Å². The van der Waals surface area contributed by atoms with Crippen molar-refractivity contribution in [3.63, 3.8) is 0 Å². The van der Waals surface area contributed by atoms with Gasteiger partial charge in [0.15, 0.2) is 0 Å². The lowest BCUT2D eigenvalue weighted by atomic mass is 10.2. The SMILES string of the molecule is CC(=O)Nc1ccc(NC(=O)OCCc2cccc(Cl)c2)cc1. The van der Waals surface area contributed by atoms with Crippen LogP contribution in [0.4, 0.5) is 16.2 Å². The molecular weight excluding hydrogens is 316 g/mol. The number of amides is 2. The van der Waals surface area contributed by atoms with Crippen molar-refractivity contribution in [1.82, 2.24) is 0 Å². The number of nitrogens with one attached hydrogen (secondary N) is 2. The monoisotopic (exact) mass is 332 g/mol. The summed E-state index contributed by atoms with van der Waals surface area (Å²) in [6.45, 7) is 1.69. The third kappa shape index (κ3) is 6.00. The minimum absolute atomic E-state index is 0.147. The van der Waals surface area contributed by atoms with Crippen molar-refractivity contribution in [3.05, 3.63) is 59.1 Å². The van der Waals surface area contributed by atoms with Crippen LogP contribution in [0.25, 0.3) is 0 Å². The minimum atomic E-state index is -0.528. The second kappa shape index (κ2) is 8.19. The Morgan fingerprint density at radius 1 is 1.04 bits per heavy atom. The van der Waals surface area contributed by atoms with Crippen molar-refractivity contribution < 1.29 is 14.3 Å². The third-order valence-corrected chi connectivity index (χ3v) is 3.20. The lowest BCUT2D eigenvalue weighted by Crippen LogP contribution is -2.15. The molecule has 5 nitrogen and oxygen atoms in total. The molecule has 0 aromatic heterocycles. The summed E-state index contributed by atoms with van der Waals surface area (Å²) in [5, 5.41) is 5.93. The molecule has 0 aliphatic rings. The number of anilines is 2. The summed E-state index contributed by atoms with van der Waals surface area (Å²) in [7, 11) is 0. The molecular formula is C17H17ClN2O3. The van der Waals surface area contributed by atoms with Gasteiger partial charge in [0.05, 0.1) is 6.61 Å². The molecule has 2 amide bonds. The largest absolute Gasteiger partial charge is 0.449 e. The average molecular weight is 333 g/mol. The van der Waals surface area contributed by atoms with Gasteiger partial charge in [0.25, 0.3) is 0 Å². The highest BCUT2D eigenvalue weighted by Gasteiger charge is 2.04. The van der Waals surface area contributed by atoms with Crippen molar-refractivity contribution in [1.29, 1.82) is 0 Å². The van der Waals surface area contributed by atoms with Gasteiger partial charge < -0.3 is 10.1 Å². The third-order valence-electron chi connectivity index (χ3n) is 2.96. The van der Waals surface area contributed by atoms with Crippen LogP contribution in [-0.2, 0) is 16.0 Å². The van der Waals surface area contributed by atoms with E-state index in [0.29, 0.717) is 22.8 Å². The quantitative estimate of drug-likeness (QED) is 0.866. The molecule has 0 saturated heterocycles. The minimum Gasteiger partial charge on any atom is -0.449 e. The predicted molar refractivity (Wildman–Crippen MR) is 90.9 cm³/mol. The van der Waals surface area contributed by atoms with Crippen LogP contribution in [0.1, 0.15) is 12.5 Å². The number of hydrogen-bond acceptors (Lipinski definition) is 3. The van der Waals surface area contributed by atoms with Crippen LogP contribution in [0.2, 0.25) is 5.02 Å². The Kier molecular flexibility index (Phi) is 6.00. The van der Waals surface area contributed by atoms with Gasteiger partial charge in [0, 0.05) is 29.7 Å². The van der Waals surface area contributed by atoms with Crippen molar-refractivity contribution >= 4 is 35.0 Å². The van der Waals surface area contributed by atoms with Crippen molar-refractivity contribution in [2.45, 2.75) is 13.3 Å². The lowest BCUT2D eigenvalue weighted by molar-refractivity contribution is -0.114. The molecule has 0 aliphatic heterocycles. The summed E-state index contributed by atoms with van der Waals surface area (Å²) in [5.41, 5.74) is 2.26. The average Bonchev–Trinajstić information content (AvgIpc) is 2.49. The van der Waals surface area contributed by atoms with E-state index in [2.05, 4.69) is 10.6 Å². The number of rotatable bonds is 5.